The van der Waals surface area contributed by atoms with Gasteiger partial charge in [0.05, 0.1) is 0 Å². The van der Waals surface area contributed by atoms with Gasteiger partial charge in [-0.3, -0.25) is 4.79 Å². The highest BCUT2D eigenvalue weighted by Crippen LogP contribution is 2.11. The molecule has 0 unspecified atom stereocenters. The Kier molecular flexibility index (Phi) is 3.51. The molecule has 1 rings (SSSR count). The third kappa shape index (κ3) is 2.25. The van der Waals surface area contributed by atoms with E-state index in [1.54, 1.807) is 17.0 Å². The minimum Gasteiger partial charge on any atom is -0.508 e. The fourth-order valence-electron chi connectivity index (χ4n) is 1.30. The Balaban J connectivity index is 2.83. The molecule has 0 fully saturated rings. The predicted octanol–water partition coefficient (Wildman–Crippen LogP) is 1.87. The van der Waals surface area contributed by atoms with Gasteiger partial charge in [0.25, 0.3) is 5.91 Å². The molecule has 76 valence electrons. The maximum Gasteiger partial charge on any atom is 0.253 e. The number of rotatable bonds is 3. The molecule has 1 N–H and O–H groups in total. The first-order valence-electron chi connectivity index (χ1n) is 4.77. The van der Waals surface area contributed by atoms with Gasteiger partial charge < -0.3 is 10.0 Å². The number of amides is 1. The van der Waals surface area contributed by atoms with Gasteiger partial charge in [0.1, 0.15) is 5.75 Å². The fraction of sp³-hybridized carbons (Fsp3) is 0.364. The summed E-state index contributed by atoms with van der Waals surface area (Å²) in [6.07, 6.45) is 0. The first-order valence-corrected chi connectivity index (χ1v) is 4.77. The minimum absolute atomic E-state index is 0.00926. The molecule has 0 radical (unpaired) electrons. The van der Waals surface area contributed by atoms with E-state index in [4.69, 9.17) is 5.11 Å². The second-order valence-electron chi connectivity index (χ2n) is 3.02. The maximum absolute atomic E-state index is 11.8. The third-order valence-electron chi connectivity index (χ3n) is 2.16. The lowest BCUT2D eigenvalue weighted by Crippen LogP contribution is -2.30. The highest BCUT2D eigenvalue weighted by atomic mass is 16.3. The topological polar surface area (TPSA) is 40.5 Å². The van der Waals surface area contributed by atoms with E-state index in [9.17, 15) is 4.79 Å². The van der Waals surface area contributed by atoms with E-state index in [0.29, 0.717) is 18.7 Å². The van der Waals surface area contributed by atoms with Gasteiger partial charge in [0.15, 0.2) is 0 Å². The van der Waals surface area contributed by atoms with Crippen molar-refractivity contribution >= 4 is 5.91 Å². The first-order chi connectivity index (χ1) is 6.69. The Bertz CT molecular complexity index is 302. The molecule has 14 heavy (non-hydrogen) atoms. The van der Waals surface area contributed by atoms with Gasteiger partial charge in [0.2, 0.25) is 0 Å². The molecule has 0 saturated carbocycles. The van der Waals surface area contributed by atoms with Gasteiger partial charge in [-0.25, -0.2) is 0 Å². The number of phenols is 1. The number of carbonyl (C=O) groups excluding carboxylic acids is 1. The molecule has 1 aromatic carbocycles. The van der Waals surface area contributed by atoms with Crippen LogP contribution >= 0.6 is 0 Å². The molecule has 3 nitrogen and oxygen atoms in total. The van der Waals surface area contributed by atoms with E-state index in [2.05, 4.69) is 0 Å². The zero-order valence-corrected chi connectivity index (χ0v) is 8.53. The van der Waals surface area contributed by atoms with Gasteiger partial charge in [-0.2, -0.15) is 0 Å². The second-order valence-corrected chi connectivity index (χ2v) is 3.02. The lowest BCUT2D eigenvalue weighted by atomic mass is 10.2. The average molecular weight is 193 g/mol. The number of hydrogen-bond donors (Lipinski definition) is 1. The van der Waals surface area contributed by atoms with Crippen LogP contribution in [0.3, 0.4) is 0 Å². The van der Waals surface area contributed by atoms with Crippen LogP contribution in [0.5, 0.6) is 5.75 Å². The van der Waals surface area contributed by atoms with Crippen LogP contribution in [0.4, 0.5) is 0 Å². The molecule has 0 atom stereocenters. The molecule has 0 heterocycles. The Morgan fingerprint density at radius 1 is 1.21 bits per heavy atom. The Morgan fingerprint density at radius 2 is 1.71 bits per heavy atom. The van der Waals surface area contributed by atoms with Crippen molar-refractivity contribution in [1.82, 2.24) is 4.90 Å². The lowest BCUT2D eigenvalue weighted by Gasteiger charge is -2.18. The molecule has 0 aliphatic rings. The monoisotopic (exact) mass is 193 g/mol. The highest BCUT2D eigenvalue weighted by molar-refractivity contribution is 5.94. The number of hydrogen-bond acceptors (Lipinski definition) is 2. The molecule has 3 heteroatoms. The summed E-state index contributed by atoms with van der Waals surface area (Å²) < 4.78 is 0. The van der Waals surface area contributed by atoms with Gasteiger partial charge in [-0.15, -0.1) is 0 Å². The molecule has 0 aliphatic heterocycles. The zero-order chi connectivity index (χ0) is 10.6. The van der Waals surface area contributed by atoms with Crippen LogP contribution in [-0.4, -0.2) is 29.0 Å². The molecule has 0 saturated heterocycles. The number of aromatic hydroxyl groups is 1. The van der Waals surface area contributed by atoms with E-state index in [-0.39, 0.29) is 11.7 Å². The van der Waals surface area contributed by atoms with E-state index in [0.717, 1.165) is 0 Å². The van der Waals surface area contributed by atoms with Crippen molar-refractivity contribution in [2.75, 3.05) is 13.1 Å². The smallest absolute Gasteiger partial charge is 0.253 e. The zero-order valence-electron chi connectivity index (χ0n) is 8.53. The van der Waals surface area contributed by atoms with Crippen LogP contribution in [0, 0.1) is 0 Å². The van der Waals surface area contributed by atoms with Crippen molar-refractivity contribution < 1.29 is 9.90 Å². The van der Waals surface area contributed by atoms with Gasteiger partial charge in [-0.1, -0.05) is 0 Å². The normalized spacial score (nSPS) is 9.86. The molecule has 1 amide bonds. The van der Waals surface area contributed by atoms with Crippen LogP contribution in [-0.2, 0) is 0 Å². The van der Waals surface area contributed by atoms with Crippen LogP contribution < -0.4 is 0 Å². The lowest BCUT2D eigenvalue weighted by molar-refractivity contribution is 0.0773. The van der Waals surface area contributed by atoms with E-state index >= 15 is 0 Å². The molecule has 0 aliphatic carbocycles. The molecule has 1 aromatic rings. The number of carbonyl (C=O) groups is 1. The molecular weight excluding hydrogens is 178 g/mol. The average Bonchev–Trinajstić information content (AvgIpc) is 2.20. The number of phenolic OH excluding ortho intramolecular Hbond substituents is 1. The van der Waals surface area contributed by atoms with Crippen molar-refractivity contribution in [3.8, 4) is 5.75 Å². The van der Waals surface area contributed by atoms with Crippen molar-refractivity contribution in [2.24, 2.45) is 0 Å². The van der Waals surface area contributed by atoms with Gasteiger partial charge in [-0.05, 0) is 38.1 Å². The van der Waals surface area contributed by atoms with Gasteiger partial charge in [0, 0.05) is 18.7 Å². The first kappa shape index (κ1) is 10.6. The quantitative estimate of drug-likeness (QED) is 0.796. The van der Waals surface area contributed by atoms with Crippen molar-refractivity contribution in [1.29, 1.82) is 0 Å². The Morgan fingerprint density at radius 3 is 2.14 bits per heavy atom. The molecular formula is C11H15NO2. The van der Waals surface area contributed by atoms with Crippen molar-refractivity contribution in [3.05, 3.63) is 29.8 Å². The van der Waals surface area contributed by atoms with Crippen LogP contribution in [0.2, 0.25) is 0 Å². The van der Waals surface area contributed by atoms with Crippen molar-refractivity contribution in [2.45, 2.75) is 13.8 Å². The Hall–Kier alpha value is -1.51. The SMILES string of the molecule is CCN(CC)C(=O)c1ccc(O)cc1. The van der Waals surface area contributed by atoms with Crippen LogP contribution in [0.15, 0.2) is 24.3 Å². The van der Waals surface area contributed by atoms with E-state index < -0.39 is 0 Å². The molecule has 0 bridgehead atoms. The summed E-state index contributed by atoms with van der Waals surface area (Å²) >= 11 is 0. The van der Waals surface area contributed by atoms with E-state index in [1.807, 2.05) is 13.8 Å². The standard InChI is InChI=1S/C11H15NO2/c1-3-12(4-2)11(14)9-5-7-10(13)8-6-9/h5-8,13H,3-4H2,1-2H3. The summed E-state index contributed by atoms with van der Waals surface area (Å²) in [5.74, 6) is 0.191. The van der Waals surface area contributed by atoms with Crippen LogP contribution in [0.25, 0.3) is 0 Å². The maximum atomic E-state index is 11.8. The van der Waals surface area contributed by atoms with Gasteiger partial charge >= 0.3 is 0 Å². The number of nitrogens with zero attached hydrogens (tertiary/aromatic N) is 1. The number of benzene rings is 1. The third-order valence-corrected chi connectivity index (χ3v) is 2.16. The predicted molar refractivity (Wildman–Crippen MR) is 55.4 cm³/mol. The fourth-order valence-corrected chi connectivity index (χ4v) is 1.30. The summed E-state index contributed by atoms with van der Waals surface area (Å²) in [6, 6.07) is 6.32. The summed E-state index contributed by atoms with van der Waals surface area (Å²) in [7, 11) is 0. The summed E-state index contributed by atoms with van der Waals surface area (Å²) in [5, 5.41) is 9.07. The summed E-state index contributed by atoms with van der Waals surface area (Å²) in [6.45, 7) is 5.30. The minimum atomic E-state index is 0.00926. The largest absolute Gasteiger partial charge is 0.508 e. The second kappa shape index (κ2) is 4.65. The highest BCUT2D eigenvalue weighted by Gasteiger charge is 2.11. The summed E-state index contributed by atoms with van der Waals surface area (Å²) in [5.41, 5.74) is 0.617. The van der Waals surface area contributed by atoms with Crippen LogP contribution in [0.1, 0.15) is 24.2 Å². The molecule has 0 spiro atoms. The Labute approximate surface area is 84.0 Å². The summed E-state index contributed by atoms with van der Waals surface area (Å²) in [4.78, 5) is 13.5. The molecule has 0 aromatic heterocycles. The van der Waals surface area contributed by atoms with Crippen molar-refractivity contribution in [3.63, 3.8) is 0 Å². The van der Waals surface area contributed by atoms with E-state index in [1.165, 1.54) is 12.1 Å².